The number of aromatic carboxylic acids is 1. The predicted molar refractivity (Wildman–Crippen MR) is 152 cm³/mol. The number of pyridine rings is 1. The molecule has 2 aromatic heterocycles. The van der Waals surface area contributed by atoms with Crippen LogP contribution < -0.4 is 4.90 Å². The Morgan fingerprint density at radius 1 is 1.05 bits per heavy atom. The second-order valence-corrected chi connectivity index (χ2v) is 12.3. The number of hydrogen-bond acceptors (Lipinski definition) is 5. The van der Waals surface area contributed by atoms with E-state index in [1.807, 2.05) is 13.0 Å². The maximum atomic E-state index is 11.4. The quantitative estimate of drug-likeness (QED) is 0.286. The lowest BCUT2D eigenvalue weighted by molar-refractivity contribution is 0.0282. The minimum absolute atomic E-state index is 0.105. The van der Waals surface area contributed by atoms with Crippen LogP contribution in [0.5, 0.6) is 0 Å². The fraction of sp³-hybridized carbons (Fsp3) is 0.424. The minimum atomic E-state index is -0.983. The zero-order valence-electron chi connectivity index (χ0n) is 22.7. The van der Waals surface area contributed by atoms with Gasteiger partial charge in [-0.05, 0) is 106 Å². The van der Waals surface area contributed by atoms with Crippen LogP contribution in [0, 0.1) is 25.2 Å². The zero-order valence-corrected chi connectivity index (χ0v) is 22.7. The number of aromatic nitrogens is 2. The van der Waals surface area contributed by atoms with Crippen molar-refractivity contribution in [2.45, 2.75) is 64.7 Å². The number of piperidine rings is 1. The highest BCUT2D eigenvalue weighted by Gasteiger charge is 2.46. The summed E-state index contributed by atoms with van der Waals surface area (Å²) in [5.41, 5.74) is 8.40. The molecule has 0 unspecified atom stereocenters. The first-order valence-electron chi connectivity index (χ1n) is 14.3. The third-order valence-corrected chi connectivity index (χ3v) is 9.51. The molecule has 7 rings (SSSR count). The van der Waals surface area contributed by atoms with E-state index in [4.69, 9.17) is 4.52 Å². The molecule has 200 valence electrons. The smallest absolute Gasteiger partial charge is 0.354 e. The molecule has 6 nitrogen and oxygen atoms in total. The van der Waals surface area contributed by atoms with Gasteiger partial charge in [0, 0.05) is 41.2 Å². The molecule has 3 fully saturated rings. The van der Waals surface area contributed by atoms with E-state index >= 15 is 0 Å². The van der Waals surface area contributed by atoms with Gasteiger partial charge in [-0.15, -0.1) is 0 Å². The number of anilines is 1. The number of nitrogens with zero attached hydrogens (tertiary/aromatic N) is 3. The first-order chi connectivity index (χ1) is 18.9. The van der Waals surface area contributed by atoms with Gasteiger partial charge in [0.15, 0.2) is 0 Å². The van der Waals surface area contributed by atoms with Gasteiger partial charge < -0.3 is 14.5 Å². The van der Waals surface area contributed by atoms with Crippen LogP contribution >= 0.6 is 0 Å². The Bertz CT molecular complexity index is 1570. The number of hydrogen-bond donors (Lipinski definition) is 1. The number of carboxylic acids is 1. The Morgan fingerprint density at radius 2 is 1.82 bits per heavy atom. The van der Waals surface area contributed by atoms with E-state index in [1.165, 1.54) is 60.9 Å². The molecule has 6 heteroatoms. The maximum Gasteiger partial charge on any atom is 0.354 e. The van der Waals surface area contributed by atoms with Gasteiger partial charge >= 0.3 is 5.97 Å². The molecule has 2 aromatic carbocycles. The predicted octanol–water partition coefficient (Wildman–Crippen LogP) is 7.32. The van der Waals surface area contributed by atoms with Crippen LogP contribution in [0.3, 0.4) is 0 Å². The van der Waals surface area contributed by atoms with E-state index in [-0.39, 0.29) is 5.69 Å². The molecule has 4 aromatic rings. The maximum absolute atomic E-state index is 11.4. The normalized spacial score (nSPS) is 19.0. The molecule has 1 spiro atoms. The summed E-state index contributed by atoms with van der Waals surface area (Å²) >= 11 is 0. The molecular formula is C33H35N3O3. The van der Waals surface area contributed by atoms with Crippen LogP contribution in [0.15, 0.2) is 53.1 Å². The number of rotatable bonds is 6. The summed E-state index contributed by atoms with van der Waals surface area (Å²) < 4.78 is 5.97. The average Bonchev–Trinajstić information content (AvgIpc) is 3.68. The van der Waals surface area contributed by atoms with Gasteiger partial charge in [-0.1, -0.05) is 29.4 Å². The molecule has 0 amide bonds. The third-order valence-electron chi connectivity index (χ3n) is 9.51. The van der Waals surface area contributed by atoms with E-state index in [1.54, 1.807) is 6.07 Å². The summed E-state index contributed by atoms with van der Waals surface area (Å²) in [5.74, 6) is 1.44. The summed E-state index contributed by atoms with van der Waals surface area (Å²) in [6, 6.07) is 16.5. The molecule has 3 heterocycles. The van der Waals surface area contributed by atoms with Crippen LogP contribution in [0.1, 0.15) is 77.4 Å². The second kappa shape index (κ2) is 9.22. The Labute approximate surface area is 229 Å². The average molecular weight is 522 g/mol. The molecule has 0 atom stereocenters. The van der Waals surface area contributed by atoms with E-state index in [9.17, 15) is 9.90 Å². The van der Waals surface area contributed by atoms with E-state index in [0.717, 1.165) is 47.4 Å². The molecule has 0 bridgehead atoms. The Kier molecular flexibility index (Phi) is 5.76. The number of carboxylic acid groups (broad SMARTS) is 1. The van der Waals surface area contributed by atoms with Crippen LogP contribution in [0.25, 0.3) is 22.2 Å². The first kappa shape index (κ1) is 24.4. The van der Waals surface area contributed by atoms with E-state index in [0.29, 0.717) is 17.3 Å². The van der Waals surface area contributed by atoms with Crippen LogP contribution in [0.2, 0.25) is 0 Å². The van der Waals surface area contributed by atoms with Crippen molar-refractivity contribution in [3.63, 3.8) is 0 Å². The van der Waals surface area contributed by atoms with Gasteiger partial charge in [-0.3, -0.25) is 0 Å². The summed E-state index contributed by atoms with van der Waals surface area (Å²) in [7, 11) is 0. The highest BCUT2D eigenvalue weighted by molar-refractivity contribution is 5.92. The summed E-state index contributed by atoms with van der Waals surface area (Å²) in [6.07, 6.45) is 8.57. The van der Waals surface area contributed by atoms with Crippen molar-refractivity contribution in [3.8, 4) is 11.3 Å². The zero-order chi connectivity index (χ0) is 26.7. The topological polar surface area (TPSA) is 79.5 Å². The largest absolute Gasteiger partial charge is 0.477 e. The van der Waals surface area contributed by atoms with Crippen molar-refractivity contribution in [3.05, 3.63) is 76.7 Å². The lowest BCUT2D eigenvalue weighted by Crippen LogP contribution is -2.47. The van der Waals surface area contributed by atoms with Crippen molar-refractivity contribution in [1.29, 1.82) is 0 Å². The highest BCUT2D eigenvalue weighted by atomic mass is 16.5. The van der Waals surface area contributed by atoms with Crippen molar-refractivity contribution in [1.82, 2.24) is 10.1 Å². The van der Waals surface area contributed by atoms with Gasteiger partial charge in [0.1, 0.15) is 17.1 Å². The van der Waals surface area contributed by atoms with Crippen LogP contribution in [-0.4, -0.2) is 34.3 Å². The molecule has 3 aliphatic rings. The monoisotopic (exact) mass is 521 g/mol. The van der Waals surface area contributed by atoms with E-state index in [2.05, 4.69) is 58.4 Å². The van der Waals surface area contributed by atoms with Crippen molar-refractivity contribution in [2.75, 3.05) is 18.0 Å². The van der Waals surface area contributed by atoms with Gasteiger partial charge in [0.2, 0.25) is 0 Å². The molecule has 39 heavy (non-hydrogen) atoms. The molecule has 0 radical (unpaired) electrons. The van der Waals surface area contributed by atoms with Crippen LogP contribution in [-0.2, 0) is 6.42 Å². The molecule has 1 aliphatic heterocycles. The number of benzene rings is 2. The van der Waals surface area contributed by atoms with Gasteiger partial charge in [0.25, 0.3) is 0 Å². The molecular weight excluding hydrogens is 486 g/mol. The Morgan fingerprint density at radius 3 is 2.54 bits per heavy atom. The molecule has 2 aliphatic carbocycles. The minimum Gasteiger partial charge on any atom is -0.477 e. The summed E-state index contributed by atoms with van der Waals surface area (Å²) in [4.78, 5) is 18.2. The highest BCUT2D eigenvalue weighted by Crippen LogP contribution is 2.55. The van der Waals surface area contributed by atoms with Crippen LogP contribution in [0.4, 0.5) is 5.69 Å². The van der Waals surface area contributed by atoms with Crippen molar-refractivity contribution < 1.29 is 14.4 Å². The standard InChI is InChI=1S/C33H35N3O3/c1-20-5-3-4-6-25(20)30-27(31(39-35-30)23-7-8-23)16-22-18-33(19-22)11-13-36(14-12-33)24-9-10-28-26(17-24)21(2)15-29(34-28)32(37)38/h3-6,9-10,15,17,22-23H,7-8,11-14,16,18-19H2,1-2H3,(H,37,38). The third kappa shape index (κ3) is 4.40. The molecule has 2 saturated carbocycles. The fourth-order valence-electron chi connectivity index (χ4n) is 7.17. The van der Waals surface area contributed by atoms with Crippen molar-refractivity contribution >= 4 is 22.6 Å². The Balaban J connectivity index is 1.03. The summed E-state index contributed by atoms with van der Waals surface area (Å²) in [5, 5.41) is 15.0. The van der Waals surface area contributed by atoms with E-state index < -0.39 is 5.97 Å². The van der Waals surface area contributed by atoms with Gasteiger partial charge in [0.05, 0.1) is 5.52 Å². The number of carbonyl (C=O) groups is 1. The lowest BCUT2D eigenvalue weighted by atomic mass is 9.56. The first-order valence-corrected chi connectivity index (χ1v) is 14.3. The fourth-order valence-corrected chi connectivity index (χ4v) is 7.17. The number of fused-ring (bicyclic) bond motifs is 1. The van der Waals surface area contributed by atoms with Crippen molar-refractivity contribution in [2.24, 2.45) is 11.3 Å². The Hall–Kier alpha value is -3.67. The second-order valence-electron chi connectivity index (χ2n) is 12.3. The lowest BCUT2D eigenvalue weighted by Gasteiger charge is -2.53. The number of aryl methyl sites for hydroxylation is 2. The van der Waals surface area contributed by atoms with Gasteiger partial charge in [-0.25, -0.2) is 9.78 Å². The molecule has 1 saturated heterocycles. The molecule has 1 N–H and O–H groups in total. The summed E-state index contributed by atoms with van der Waals surface area (Å²) in [6.45, 7) is 6.26. The SMILES string of the molecule is Cc1ccccc1-c1noc(C2CC2)c1CC1CC2(CCN(c3ccc4nc(C(=O)O)cc(C)c4c3)CC2)C1. The van der Waals surface area contributed by atoms with Gasteiger partial charge in [-0.2, -0.15) is 0 Å².